The summed E-state index contributed by atoms with van der Waals surface area (Å²) in [6.07, 6.45) is 1.45. The van der Waals surface area contributed by atoms with Gasteiger partial charge in [-0.05, 0) is 37.0 Å². The van der Waals surface area contributed by atoms with E-state index in [0.29, 0.717) is 38.2 Å². The number of hydrogen-bond donors (Lipinski definition) is 2. The number of nitrogens with one attached hydrogen (secondary N) is 1. The molecule has 1 saturated heterocycles. The summed E-state index contributed by atoms with van der Waals surface area (Å²) >= 11 is 0. The average molecular weight is 274 g/mol. The molecule has 0 spiro atoms. The summed E-state index contributed by atoms with van der Waals surface area (Å²) < 4.78 is 5.21. The van der Waals surface area contributed by atoms with Crippen LogP contribution in [0.25, 0.3) is 0 Å². The number of aliphatic hydroxyl groups is 1. The van der Waals surface area contributed by atoms with Crippen molar-refractivity contribution in [3.05, 3.63) is 29.8 Å². The van der Waals surface area contributed by atoms with E-state index in [1.807, 2.05) is 12.1 Å². The van der Waals surface area contributed by atoms with Crippen molar-refractivity contribution in [2.75, 3.05) is 25.1 Å². The Hall–Kier alpha value is -1.90. The summed E-state index contributed by atoms with van der Waals surface area (Å²) in [6.45, 7) is 0.982. The number of carbonyl (C=O) groups excluding carboxylic acids is 1. The van der Waals surface area contributed by atoms with Gasteiger partial charge in [-0.3, -0.25) is 4.79 Å². The summed E-state index contributed by atoms with van der Waals surface area (Å²) in [5.74, 6) is -0.266. The smallest absolute Gasteiger partial charge is 0.245 e. The molecule has 5 heteroatoms. The zero-order valence-corrected chi connectivity index (χ0v) is 11.3. The number of anilines is 1. The van der Waals surface area contributed by atoms with E-state index < -0.39 is 5.41 Å². The minimum absolute atomic E-state index is 0.100. The first-order chi connectivity index (χ1) is 9.70. The van der Waals surface area contributed by atoms with Crippen LogP contribution >= 0.6 is 0 Å². The van der Waals surface area contributed by atoms with Crippen LogP contribution in [0, 0.1) is 16.7 Å². The second-order valence-electron chi connectivity index (χ2n) is 4.93. The fourth-order valence-corrected chi connectivity index (χ4v) is 2.24. The number of nitrogens with zero attached hydrogens (tertiary/aromatic N) is 1. The number of ether oxygens (including phenoxy) is 1. The molecule has 0 saturated carbocycles. The molecule has 2 N–H and O–H groups in total. The van der Waals surface area contributed by atoms with Gasteiger partial charge in [-0.2, -0.15) is 5.26 Å². The van der Waals surface area contributed by atoms with Crippen LogP contribution in [0.2, 0.25) is 0 Å². The van der Waals surface area contributed by atoms with Crippen molar-refractivity contribution < 1.29 is 14.6 Å². The maximum Gasteiger partial charge on any atom is 0.245 e. The third kappa shape index (κ3) is 3.16. The molecule has 1 fully saturated rings. The molecule has 2 rings (SSSR count). The van der Waals surface area contributed by atoms with Gasteiger partial charge in [-0.1, -0.05) is 12.1 Å². The van der Waals surface area contributed by atoms with Crippen LogP contribution in [-0.4, -0.2) is 30.8 Å². The molecule has 0 bridgehead atoms. The largest absolute Gasteiger partial charge is 0.396 e. The van der Waals surface area contributed by atoms with Gasteiger partial charge in [0.05, 0.1) is 6.07 Å². The average Bonchev–Trinajstić information content (AvgIpc) is 2.50. The van der Waals surface area contributed by atoms with Crippen LogP contribution in [0.1, 0.15) is 18.4 Å². The molecule has 1 aliphatic heterocycles. The Morgan fingerprint density at radius 2 is 2.00 bits per heavy atom. The summed E-state index contributed by atoms with van der Waals surface area (Å²) in [5.41, 5.74) is 0.687. The molecule has 1 aromatic rings. The Labute approximate surface area is 118 Å². The van der Waals surface area contributed by atoms with Gasteiger partial charge in [0, 0.05) is 25.5 Å². The van der Waals surface area contributed by atoms with E-state index in [0.717, 1.165) is 5.56 Å². The molecule has 0 atom stereocenters. The number of hydrogen-bond acceptors (Lipinski definition) is 4. The van der Waals surface area contributed by atoms with E-state index in [4.69, 9.17) is 9.84 Å². The van der Waals surface area contributed by atoms with Crippen molar-refractivity contribution in [3.8, 4) is 6.07 Å². The Bertz CT molecular complexity index is 499. The summed E-state index contributed by atoms with van der Waals surface area (Å²) in [7, 11) is 0. The number of amides is 1. The molecule has 0 unspecified atom stereocenters. The lowest BCUT2D eigenvalue weighted by Crippen LogP contribution is -2.39. The minimum Gasteiger partial charge on any atom is -0.396 e. The normalized spacial score (nSPS) is 17.2. The van der Waals surface area contributed by atoms with Gasteiger partial charge in [0.25, 0.3) is 0 Å². The molecular weight excluding hydrogens is 256 g/mol. The van der Waals surface area contributed by atoms with Gasteiger partial charge in [-0.15, -0.1) is 0 Å². The Balaban J connectivity index is 2.05. The van der Waals surface area contributed by atoms with Crippen LogP contribution in [0.4, 0.5) is 5.69 Å². The third-order valence-corrected chi connectivity index (χ3v) is 3.61. The van der Waals surface area contributed by atoms with Crippen LogP contribution < -0.4 is 5.32 Å². The number of nitriles is 1. The highest BCUT2D eigenvalue weighted by Crippen LogP contribution is 2.31. The molecule has 106 valence electrons. The predicted octanol–water partition coefficient (Wildman–Crippen LogP) is 1.48. The first-order valence-corrected chi connectivity index (χ1v) is 6.70. The lowest BCUT2D eigenvalue weighted by Gasteiger charge is -2.29. The Morgan fingerprint density at radius 3 is 2.55 bits per heavy atom. The Morgan fingerprint density at radius 1 is 1.35 bits per heavy atom. The lowest BCUT2D eigenvalue weighted by atomic mass is 9.81. The highest BCUT2D eigenvalue weighted by Gasteiger charge is 2.40. The van der Waals surface area contributed by atoms with E-state index in [2.05, 4.69) is 11.4 Å². The minimum atomic E-state index is -0.984. The highest BCUT2D eigenvalue weighted by molar-refractivity contribution is 5.97. The van der Waals surface area contributed by atoms with Crippen LogP contribution in [0.15, 0.2) is 24.3 Å². The second kappa shape index (κ2) is 6.51. The number of carbonyl (C=O) groups is 1. The molecule has 20 heavy (non-hydrogen) atoms. The second-order valence-corrected chi connectivity index (χ2v) is 4.93. The molecular formula is C15H18N2O3. The zero-order valence-electron chi connectivity index (χ0n) is 11.3. The van der Waals surface area contributed by atoms with E-state index in [1.54, 1.807) is 12.1 Å². The van der Waals surface area contributed by atoms with Gasteiger partial charge in [0.1, 0.15) is 5.41 Å². The van der Waals surface area contributed by atoms with E-state index >= 15 is 0 Å². The lowest BCUT2D eigenvalue weighted by molar-refractivity contribution is -0.126. The van der Waals surface area contributed by atoms with E-state index in [-0.39, 0.29) is 12.5 Å². The van der Waals surface area contributed by atoms with Gasteiger partial charge >= 0.3 is 0 Å². The predicted molar refractivity (Wildman–Crippen MR) is 74.0 cm³/mol. The van der Waals surface area contributed by atoms with E-state index in [1.165, 1.54) is 0 Å². The Kier molecular flexibility index (Phi) is 4.72. The molecule has 5 nitrogen and oxygen atoms in total. The first-order valence-electron chi connectivity index (χ1n) is 6.70. The topological polar surface area (TPSA) is 82.4 Å². The monoisotopic (exact) mass is 274 g/mol. The quantitative estimate of drug-likeness (QED) is 0.871. The molecule has 1 amide bonds. The molecule has 1 heterocycles. The van der Waals surface area contributed by atoms with Crippen molar-refractivity contribution in [1.29, 1.82) is 5.26 Å². The van der Waals surface area contributed by atoms with Crippen molar-refractivity contribution in [2.45, 2.75) is 19.3 Å². The molecule has 1 aliphatic rings. The van der Waals surface area contributed by atoms with E-state index in [9.17, 15) is 10.1 Å². The van der Waals surface area contributed by atoms with Crippen LogP contribution in [0.3, 0.4) is 0 Å². The highest BCUT2D eigenvalue weighted by atomic mass is 16.5. The van der Waals surface area contributed by atoms with Crippen molar-refractivity contribution in [2.24, 2.45) is 5.41 Å². The van der Waals surface area contributed by atoms with Crippen LogP contribution in [0.5, 0.6) is 0 Å². The maximum atomic E-state index is 12.3. The zero-order chi connectivity index (χ0) is 14.4. The van der Waals surface area contributed by atoms with Crippen molar-refractivity contribution in [3.63, 3.8) is 0 Å². The van der Waals surface area contributed by atoms with Crippen LogP contribution in [-0.2, 0) is 16.0 Å². The maximum absolute atomic E-state index is 12.3. The summed E-state index contributed by atoms with van der Waals surface area (Å²) in [4.78, 5) is 12.3. The first kappa shape index (κ1) is 14.5. The van der Waals surface area contributed by atoms with Gasteiger partial charge in [0.15, 0.2) is 0 Å². The molecule has 0 radical (unpaired) electrons. The fraction of sp³-hybridized carbons (Fsp3) is 0.467. The molecule has 0 aromatic heterocycles. The van der Waals surface area contributed by atoms with Crippen molar-refractivity contribution in [1.82, 2.24) is 0 Å². The number of benzene rings is 1. The third-order valence-electron chi connectivity index (χ3n) is 3.61. The number of aliphatic hydroxyl groups excluding tert-OH is 1. The fourth-order valence-electron chi connectivity index (χ4n) is 2.24. The molecule has 0 aliphatic carbocycles. The standard InChI is InChI=1S/C15H18N2O3/c16-11-15(6-9-20-10-7-15)14(19)17-13-3-1-12(2-4-13)5-8-18/h1-4,18H,5-10H2,(H,17,19). The number of rotatable bonds is 4. The van der Waals surface area contributed by atoms with Crippen molar-refractivity contribution >= 4 is 11.6 Å². The van der Waals surface area contributed by atoms with Gasteiger partial charge in [0.2, 0.25) is 5.91 Å². The summed E-state index contributed by atoms with van der Waals surface area (Å²) in [6, 6.07) is 9.43. The SMILES string of the molecule is N#CC1(C(=O)Nc2ccc(CCO)cc2)CCOCC1. The van der Waals surface area contributed by atoms with Gasteiger partial charge < -0.3 is 15.2 Å². The van der Waals surface area contributed by atoms with Gasteiger partial charge in [-0.25, -0.2) is 0 Å². The summed E-state index contributed by atoms with van der Waals surface area (Å²) in [5, 5.41) is 21.0. The molecule has 1 aromatic carbocycles.